The predicted octanol–water partition coefficient (Wildman–Crippen LogP) is 12.9. The number of fused-ring (bicyclic) bond motifs is 7. The summed E-state index contributed by atoms with van der Waals surface area (Å²) in [6.45, 7) is 0. The maximum absolute atomic E-state index is 2.42. The van der Waals surface area contributed by atoms with E-state index < -0.39 is 0 Å². The standard InChI is InChI=1S/C48H32N2/c1-5-13-33(14-6-1)37-29-38(34-15-7-2-8-16-34)31-39(30-37)36-22-25-45-44(32-36)47-42-23-21-35-27-28-49(40-17-9-3-10-18-40)48(35)43(42)24-26-46(47)50(45)41-19-11-4-12-20-41/h1-32H. The van der Waals surface area contributed by atoms with E-state index in [1.165, 1.54) is 76.9 Å². The minimum atomic E-state index is 1.16. The van der Waals surface area contributed by atoms with Crippen molar-refractivity contribution in [1.29, 1.82) is 0 Å². The van der Waals surface area contributed by atoms with Crippen LogP contribution in [0.3, 0.4) is 0 Å². The average Bonchev–Trinajstić information content (AvgIpc) is 3.79. The van der Waals surface area contributed by atoms with E-state index in [2.05, 4.69) is 203 Å². The summed E-state index contributed by atoms with van der Waals surface area (Å²) in [4.78, 5) is 0. The Labute approximate surface area is 290 Å². The molecule has 0 aliphatic carbocycles. The molecule has 0 saturated carbocycles. The van der Waals surface area contributed by atoms with Crippen molar-refractivity contribution in [2.45, 2.75) is 0 Å². The van der Waals surface area contributed by atoms with Gasteiger partial charge >= 0.3 is 0 Å². The first kappa shape index (κ1) is 28.4. The molecule has 50 heavy (non-hydrogen) atoms. The van der Waals surface area contributed by atoms with Gasteiger partial charge in [0.2, 0.25) is 0 Å². The summed E-state index contributed by atoms with van der Waals surface area (Å²) in [7, 11) is 0. The van der Waals surface area contributed by atoms with Crippen LogP contribution in [0.2, 0.25) is 0 Å². The van der Waals surface area contributed by atoms with Gasteiger partial charge in [-0.25, -0.2) is 0 Å². The molecule has 2 heterocycles. The first-order chi connectivity index (χ1) is 24.8. The number of hydrogen-bond donors (Lipinski definition) is 0. The normalized spacial score (nSPS) is 11.6. The van der Waals surface area contributed by atoms with Crippen molar-refractivity contribution in [3.05, 3.63) is 194 Å². The number of para-hydroxylation sites is 2. The largest absolute Gasteiger partial charge is 0.316 e. The Morgan fingerprint density at radius 3 is 1.50 bits per heavy atom. The smallest absolute Gasteiger partial charge is 0.0607 e. The van der Waals surface area contributed by atoms with Gasteiger partial charge in [0.1, 0.15) is 0 Å². The van der Waals surface area contributed by atoms with Crippen LogP contribution in [-0.4, -0.2) is 9.13 Å². The van der Waals surface area contributed by atoms with E-state index in [1.54, 1.807) is 0 Å². The monoisotopic (exact) mass is 636 g/mol. The van der Waals surface area contributed by atoms with Crippen LogP contribution in [0.5, 0.6) is 0 Å². The van der Waals surface area contributed by atoms with Gasteiger partial charge in [-0.3, -0.25) is 0 Å². The summed E-state index contributed by atoms with van der Waals surface area (Å²) in [5.74, 6) is 0. The van der Waals surface area contributed by atoms with Crippen molar-refractivity contribution in [1.82, 2.24) is 9.13 Å². The topological polar surface area (TPSA) is 9.86 Å². The van der Waals surface area contributed by atoms with Gasteiger partial charge in [-0.2, -0.15) is 0 Å². The first-order valence-electron chi connectivity index (χ1n) is 17.2. The lowest BCUT2D eigenvalue weighted by atomic mass is 9.92. The third kappa shape index (κ3) is 4.57. The number of nitrogens with zero attached hydrogens (tertiary/aromatic N) is 2. The molecule has 2 nitrogen and oxygen atoms in total. The Balaban J connectivity index is 1.27. The van der Waals surface area contributed by atoms with Gasteiger partial charge < -0.3 is 9.13 Å². The molecule has 0 saturated heterocycles. The highest BCUT2D eigenvalue weighted by molar-refractivity contribution is 6.25. The lowest BCUT2D eigenvalue weighted by Crippen LogP contribution is -1.94. The van der Waals surface area contributed by atoms with Gasteiger partial charge in [-0.1, -0.05) is 121 Å². The van der Waals surface area contributed by atoms with E-state index >= 15 is 0 Å². The third-order valence-electron chi connectivity index (χ3n) is 10.1. The molecule has 0 bridgehead atoms. The number of rotatable bonds is 5. The van der Waals surface area contributed by atoms with Gasteiger partial charge in [0.05, 0.1) is 16.6 Å². The molecule has 0 aliphatic heterocycles. The summed E-state index contributed by atoms with van der Waals surface area (Å²) in [6, 6.07) is 68.3. The number of benzene rings is 8. The summed E-state index contributed by atoms with van der Waals surface area (Å²) in [5, 5.41) is 6.26. The quantitative estimate of drug-likeness (QED) is 0.178. The van der Waals surface area contributed by atoms with Gasteiger partial charge in [0.15, 0.2) is 0 Å². The first-order valence-corrected chi connectivity index (χ1v) is 17.2. The zero-order valence-corrected chi connectivity index (χ0v) is 27.4. The Morgan fingerprint density at radius 1 is 0.320 bits per heavy atom. The molecule has 10 aromatic rings. The Kier molecular flexibility index (Phi) is 6.53. The second-order valence-electron chi connectivity index (χ2n) is 13.0. The molecule has 2 aromatic heterocycles. The van der Waals surface area contributed by atoms with Crippen molar-refractivity contribution in [3.63, 3.8) is 0 Å². The van der Waals surface area contributed by atoms with Crippen LogP contribution < -0.4 is 0 Å². The molecular formula is C48H32N2. The summed E-state index contributed by atoms with van der Waals surface area (Å²) in [5.41, 5.74) is 13.2. The summed E-state index contributed by atoms with van der Waals surface area (Å²) in [6.07, 6.45) is 2.19. The van der Waals surface area contributed by atoms with Gasteiger partial charge in [0, 0.05) is 39.1 Å². The SMILES string of the molecule is c1ccc(-c2cc(-c3ccccc3)cc(-c3ccc4c(c3)c3c5ccc6ccn(-c7ccccc7)c6c5ccc3n4-c3ccccc3)c2)cc1. The molecule has 0 amide bonds. The summed E-state index contributed by atoms with van der Waals surface area (Å²) < 4.78 is 4.75. The fourth-order valence-electron chi connectivity index (χ4n) is 7.79. The van der Waals surface area contributed by atoms with Gasteiger partial charge in [-0.15, -0.1) is 0 Å². The van der Waals surface area contributed by atoms with Crippen molar-refractivity contribution in [2.75, 3.05) is 0 Å². The third-order valence-corrected chi connectivity index (χ3v) is 10.1. The second kappa shape index (κ2) is 11.5. The Bertz CT molecular complexity index is 2770. The molecule has 0 spiro atoms. The minimum Gasteiger partial charge on any atom is -0.316 e. The van der Waals surface area contributed by atoms with Gasteiger partial charge in [0.25, 0.3) is 0 Å². The lowest BCUT2D eigenvalue weighted by Gasteiger charge is -2.12. The molecule has 0 radical (unpaired) electrons. The van der Waals surface area contributed by atoms with Crippen LogP contribution in [0.15, 0.2) is 194 Å². The van der Waals surface area contributed by atoms with Crippen LogP contribution in [-0.2, 0) is 0 Å². The molecule has 0 unspecified atom stereocenters. The van der Waals surface area contributed by atoms with Crippen molar-refractivity contribution < 1.29 is 0 Å². The van der Waals surface area contributed by atoms with Crippen LogP contribution in [0.1, 0.15) is 0 Å². The van der Waals surface area contributed by atoms with Crippen molar-refractivity contribution in [2.24, 2.45) is 0 Å². The van der Waals surface area contributed by atoms with Crippen molar-refractivity contribution in [3.8, 4) is 44.8 Å². The highest BCUT2D eigenvalue weighted by Crippen LogP contribution is 2.42. The van der Waals surface area contributed by atoms with E-state index in [-0.39, 0.29) is 0 Å². The van der Waals surface area contributed by atoms with Crippen LogP contribution in [0.4, 0.5) is 0 Å². The van der Waals surface area contributed by atoms with Crippen LogP contribution in [0.25, 0.3) is 88.2 Å². The Morgan fingerprint density at radius 2 is 0.860 bits per heavy atom. The average molecular weight is 637 g/mol. The number of hydrogen-bond acceptors (Lipinski definition) is 0. The molecule has 8 aromatic carbocycles. The highest BCUT2D eigenvalue weighted by Gasteiger charge is 2.18. The van der Waals surface area contributed by atoms with E-state index in [0.717, 1.165) is 11.4 Å². The molecule has 0 atom stereocenters. The fourth-order valence-corrected chi connectivity index (χ4v) is 7.79. The second-order valence-corrected chi connectivity index (χ2v) is 13.0. The van der Waals surface area contributed by atoms with E-state index in [1.807, 2.05) is 0 Å². The van der Waals surface area contributed by atoms with Gasteiger partial charge in [-0.05, 0) is 105 Å². The highest BCUT2D eigenvalue weighted by atomic mass is 15.0. The van der Waals surface area contributed by atoms with E-state index in [4.69, 9.17) is 0 Å². The van der Waals surface area contributed by atoms with Crippen LogP contribution >= 0.6 is 0 Å². The predicted molar refractivity (Wildman–Crippen MR) is 211 cm³/mol. The summed E-state index contributed by atoms with van der Waals surface area (Å²) >= 11 is 0. The fraction of sp³-hybridized carbons (Fsp3) is 0. The zero-order chi connectivity index (χ0) is 33.0. The molecule has 0 N–H and O–H groups in total. The minimum absolute atomic E-state index is 1.16. The molecular weight excluding hydrogens is 605 g/mol. The van der Waals surface area contributed by atoms with E-state index in [0.29, 0.717) is 0 Å². The maximum atomic E-state index is 2.42. The molecule has 234 valence electrons. The molecule has 10 rings (SSSR count). The molecule has 0 fully saturated rings. The van der Waals surface area contributed by atoms with E-state index in [9.17, 15) is 0 Å². The number of aromatic nitrogens is 2. The Hall–Kier alpha value is -6.64. The zero-order valence-electron chi connectivity index (χ0n) is 27.4. The van der Waals surface area contributed by atoms with Crippen LogP contribution in [0, 0.1) is 0 Å². The van der Waals surface area contributed by atoms with Crippen molar-refractivity contribution >= 4 is 43.5 Å². The maximum Gasteiger partial charge on any atom is 0.0607 e. The molecule has 0 aliphatic rings. The molecule has 2 heteroatoms. The lowest BCUT2D eigenvalue weighted by molar-refractivity contribution is 1.13.